The molecule has 3 heteroatoms. The molecule has 0 bridgehead atoms. The zero-order valence-corrected chi connectivity index (χ0v) is 13.7. The van der Waals surface area contributed by atoms with Crippen LogP contribution in [0.5, 0.6) is 0 Å². The molecule has 1 fully saturated rings. The molecule has 0 atom stereocenters. The highest BCUT2D eigenvalue weighted by molar-refractivity contribution is 9.09. The van der Waals surface area contributed by atoms with Gasteiger partial charge in [-0.3, -0.25) is 4.79 Å². The van der Waals surface area contributed by atoms with E-state index in [2.05, 4.69) is 45.1 Å². The van der Waals surface area contributed by atoms with E-state index in [1.54, 1.807) is 0 Å². The van der Waals surface area contributed by atoms with Crippen LogP contribution in [0, 0.1) is 0 Å². The Bertz CT molecular complexity index is 631. The molecule has 1 amide bonds. The Kier molecular flexibility index (Phi) is 4.59. The Hall–Kier alpha value is -1.35. The van der Waals surface area contributed by atoms with Crippen molar-refractivity contribution in [3.8, 4) is 0 Å². The average Bonchev–Trinajstić information content (AvgIpc) is 2.45. The van der Waals surface area contributed by atoms with Gasteiger partial charge in [0.05, 0.1) is 6.42 Å². The van der Waals surface area contributed by atoms with Crippen LogP contribution >= 0.6 is 15.9 Å². The molecule has 2 aromatic rings. The fraction of sp³-hybridized carbons (Fsp3) is 0.389. The van der Waals surface area contributed by atoms with E-state index >= 15 is 0 Å². The third-order valence-electron chi connectivity index (χ3n) is 4.38. The average molecular weight is 346 g/mol. The quantitative estimate of drug-likeness (QED) is 0.745. The van der Waals surface area contributed by atoms with Crippen molar-refractivity contribution in [2.75, 3.05) is 11.9 Å². The summed E-state index contributed by atoms with van der Waals surface area (Å²) < 4.78 is 0. The Morgan fingerprint density at radius 1 is 1.14 bits per heavy atom. The lowest BCUT2D eigenvalue weighted by Crippen LogP contribution is -2.45. The van der Waals surface area contributed by atoms with Gasteiger partial charge in [-0.15, -0.1) is 0 Å². The maximum absolute atomic E-state index is 12.7. The lowest BCUT2D eigenvalue weighted by Gasteiger charge is -2.37. The highest BCUT2D eigenvalue weighted by Crippen LogP contribution is 2.26. The summed E-state index contributed by atoms with van der Waals surface area (Å²) in [7, 11) is 0. The van der Waals surface area contributed by atoms with E-state index in [0.717, 1.165) is 30.3 Å². The van der Waals surface area contributed by atoms with Gasteiger partial charge in [0.15, 0.2) is 0 Å². The largest absolute Gasteiger partial charge is 0.339 e. The van der Waals surface area contributed by atoms with E-state index in [9.17, 15) is 4.79 Å². The summed E-state index contributed by atoms with van der Waals surface area (Å²) >= 11 is 3.47. The third kappa shape index (κ3) is 3.13. The summed E-state index contributed by atoms with van der Waals surface area (Å²) in [5, 5.41) is 3.25. The topological polar surface area (TPSA) is 20.3 Å². The van der Waals surface area contributed by atoms with Crippen molar-refractivity contribution in [2.24, 2.45) is 0 Å². The number of fused-ring (bicyclic) bond motifs is 1. The minimum absolute atomic E-state index is 0.260. The number of benzene rings is 2. The fourth-order valence-corrected chi connectivity index (χ4v) is 3.39. The summed E-state index contributed by atoms with van der Waals surface area (Å²) in [6.07, 6.45) is 4.08. The van der Waals surface area contributed by atoms with Crippen molar-refractivity contribution in [1.29, 1.82) is 0 Å². The Morgan fingerprint density at radius 3 is 2.62 bits per heavy atom. The molecule has 1 aliphatic carbocycles. The standard InChI is InChI=1S/C18H20BrNO/c19-11-12-20(16-8-4-9-16)18(21)13-15-7-3-6-14-5-1-2-10-17(14)15/h1-3,5-7,10,16H,4,8-9,11-13H2. The first-order valence-corrected chi connectivity index (χ1v) is 8.74. The first-order chi connectivity index (χ1) is 10.3. The molecule has 0 aliphatic heterocycles. The molecule has 0 spiro atoms. The van der Waals surface area contributed by atoms with Crippen LogP contribution in [-0.4, -0.2) is 28.7 Å². The van der Waals surface area contributed by atoms with Gasteiger partial charge in [-0.1, -0.05) is 58.4 Å². The maximum Gasteiger partial charge on any atom is 0.227 e. The summed E-state index contributed by atoms with van der Waals surface area (Å²) in [6.45, 7) is 0.814. The van der Waals surface area contributed by atoms with E-state index in [-0.39, 0.29) is 5.91 Å². The molecule has 0 N–H and O–H groups in total. The summed E-state index contributed by atoms with van der Waals surface area (Å²) in [4.78, 5) is 14.8. The number of rotatable bonds is 5. The summed E-state index contributed by atoms with van der Waals surface area (Å²) in [5.74, 6) is 0.260. The lowest BCUT2D eigenvalue weighted by atomic mass is 9.91. The van der Waals surface area contributed by atoms with E-state index in [4.69, 9.17) is 0 Å². The number of carbonyl (C=O) groups excluding carboxylic acids is 1. The van der Waals surface area contributed by atoms with Crippen molar-refractivity contribution in [1.82, 2.24) is 4.90 Å². The Morgan fingerprint density at radius 2 is 1.90 bits per heavy atom. The fourth-order valence-electron chi connectivity index (χ4n) is 3.01. The molecule has 2 nitrogen and oxygen atoms in total. The second kappa shape index (κ2) is 6.61. The normalized spacial score (nSPS) is 14.9. The monoisotopic (exact) mass is 345 g/mol. The lowest BCUT2D eigenvalue weighted by molar-refractivity contribution is -0.134. The molecule has 3 rings (SSSR count). The maximum atomic E-state index is 12.7. The van der Waals surface area contributed by atoms with Crippen LogP contribution in [0.15, 0.2) is 42.5 Å². The van der Waals surface area contributed by atoms with Crippen molar-refractivity contribution >= 4 is 32.6 Å². The minimum Gasteiger partial charge on any atom is -0.339 e. The number of amides is 1. The van der Waals surface area contributed by atoms with Crippen molar-refractivity contribution < 1.29 is 4.79 Å². The predicted octanol–water partition coefficient (Wildman–Crippen LogP) is 4.16. The Balaban J connectivity index is 1.81. The highest BCUT2D eigenvalue weighted by Gasteiger charge is 2.28. The molecule has 1 aliphatic rings. The summed E-state index contributed by atoms with van der Waals surface area (Å²) in [5.41, 5.74) is 1.14. The van der Waals surface area contributed by atoms with Crippen molar-refractivity contribution in [2.45, 2.75) is 31.7 Å². The zero-order valence-electron chi connectivity index (χ0n) is 12.1. The van der Waals surface area contributed by atoms with Crippen LogP contribution in [0.4, 0.5) is 0 Å². The molecule has 0 saturated heterocycles. The molecule has 110 valence electrons. The third-order valence-corrected chi connectivity index (χ3v) is 4.74. The van der Waals surface area contributed by atoms with E-state index in [1.165, 1.54) is 17.2 Å². The van der Waals surface area contributed by atoms with Crippen molar-refractivity contribution in [3.63, 3.8) is 0 Å². The second-order valence-electron chi connectivity index (χ2n) is 5.68. The van der Waals surface area contributed by atoms with Crippen LogP contribution < -0.4 is 0 Å². The molecule has 0 radical (unpaired) electrons. The van der Waals surface area contributed by atoms with Gasteiger partial charge in [0.1, 0.15) is 0 Å². The predicted molar refractivity (Wildman–Crippen MR) is 90.8 cm³/mol. The molecule has 2 aromatic carbocycles. The molecule has 21 heavy (non-hydrogen) atoms. The molecule has 0 heterocycles. The van der Waals surface area contributed by atoms with Crippen LogP contribution in [0.1, 0.15) is 24.8 Å². The van der Waals surface area contributed by atoms with Gasteiger partial charge in [-0.05, 0) is 35.6 Å². The zero-order chi connectivity index (χ0) is 14.7. The number of carbonyl (C=O) groups is 1. The SMILES string of the molecule is O=C(Cc1cccc2ccccc12)N(CCBr)C1CCC1. The highest BCUT2D eigenvalue weighted by atomic mass is 79.9. The van der Waals surface area contributed by atoms with E-state index < -0.39 is 0 Å². The second-order valence-corrected chi connectivity index (χ2v) is 6.47. The molecule has 0 unspecified atom stereocenters. The van der Waals surface area contributed by atoms with Gasteiger partial charge in [-0.2, -0.15) is 0 Å². The van der Waals surface area contributed by atoms with Crippen LogP contribution in [-0.2, 0) is 11.2 Å². The van der Waals surface area contributed by atoms with Crippen molar-refractivity contribution in [3.05, 3.63) is 48.0 Å². The Labute approximate surface area is 134 Å². The number of halogens is 1. The number of hydrogen-bond donors (Lipinski definition) is 0. The van der Waals surface area contributed by atoms with Crippen LogP contribution in [0.25, 0.3) is 10.8 Å². The smallest absolute Gasteiger partial charge is 0.227 e. The van der Waals surface area contributed by atoms with Gasteiger partial charge in [-0.25, -0.2) is 0 Å². The van der Waals surface area contributed by atoms with Crippen LogP contribution in [0.3, 0.4) is 0 Å². The van der Waals surface area contributed by atoms with Gasteiger partial charge >= 0.3 is 0 Å². The van der Waals surface area contributed by atoms with Gasteiger partial charge in [0, 0.05) is 17.9 Å². The summed E-state index contributed by atoms with van der Waals surface area (Å²) in [6, 6.07) is 15.0. The van der Waals surface area contributed by atoms with E-state index in [0.29, 0.717) is 12.5 Å². The molecular formula is C18H20BrNO. The van der Waals surface area contributed by atoms with E-state index in [1.807, 2.05) is 18.2 Å². The van der Waals surface area contributed by atoms with Gasteiger partial charge in [0.2, 0.25) is 5.91 Å². The first kappa shape index (κ1) is 14.6. The van der Waals surface area contributed by atoms with Gasteiger partial charge < -0.3 is 4.90 Å². The molecule has 0 aromatic heterocycles. The number of hydrogen-bond acceptors (Lipinski definition) is 1. The van der Waals surface area contributed by atoms with Crippen LogP contribution in [0.2, 0.25) is 0 Å². The van der Waals surface area contributed by atoms with Gasteiger partial charge in [0.25, 0.3) is 0 Å². The first-order valence-electron chi connectivity index (χ1n) is 7.61. The number of alkyl halides is 1. The number of nitrogens with zero attached hydrogens (tertiary/aromatic N) is 1. The minimum atomic E-state index is 0.260. The molecule has 1 saturated carbocycles. The molecular weight excluding hydrogens is 326 g/mol.